The summed E-state index contributed by atoms with van der Waals surface area (Å²) in [6, 6.07) is 11.2. The summed E-state index contributed by atoms with van der Waals surface area (Å²) in [5, 5.41) is 6.76. The molecule has 0 radical (unpaired) electrons. The van der Waals surface area contributed by atoms with Crippen LogP contribution in [0.15, 0.2) is 42.6 Å². The predicted octanol–water partition coefficient (Wildman–Crippen LogP) is 3.49. The third-order valence-corrected chi connectivity index (χ3v) is 3.34. The molecule has 1 aromatic carbocycles. The van der Waals surface area contributed by atoms with Gasteiger partial charge in [-0.05, 0) is 30.2 Å². The first-order chi connectivity index (χ1) is 10.2. The van der Waals surface area contributed by atoms with Crippen molar-refractivity contribution in [2.45, 2.75) is 19.9 Å². The summed E-state index contributed by atoms with van der Waals surface area (Å²) in [5.41, 5.74) is 2.29. The van der Waals surface area contributed by atoms with Crippen molar-refractivity contribution in [2.24, 2.45) is 0 Å². The number of nitrogens with zero attached hydrogens (tertiary/aromatic N) is 1. The van der Waals surface area contributed by atoms with Crippen LogP contribution >= 0.6 is 11.6 Å². The predicted molar refractivity (Wildman–Crippen MR) is 85.6 cm³/mol. The largest absolute Gasteiger partial charge is 0.380 e. The first kappa shape index (κ1) is 15.3. The summed E-state index contributed by atoms with van der Waals surface area (Å²) < 4.78 is 0. The molecule has 0 saturated carbocycles. The van der Waals surface area contributed by atoms with Crippen LogP contribution in [0, 0.1) is 0 Å². The fraction of sp³-hybridized carbons (Fsp3) is 0.250. The summed E-state index contributed by atoms with van der Waals surface area (Å²) in [7, 11) is 0. The van der Waals surface area contributed by atoms with Gasteiger partial charge in [-0.15, -0.1) is 0 Å². The van der Waals surface area contributed by atoms with E-state index in [1.807, 2.05) is 37.3 Å². The second-order valence-electron chi connectivity index (χ2n) is 4.63. The first-order valence-corrected chi connectivity index (χ1v) is 7.30. The fourth-order valence-corrected chi connectivity index (χ4v) is 2.00. The van der Waals surface area contributed by atoms with Crippen molar-refractivity contribution in [3.05, 3.63) is 58.9 Å². The van der Waals surface area contributed by atoms with Crippen molar-refractivity contribution < 1.29 is 4.79 Å². The molecule has 2 aromatic rings. The standard InChI is InChI=1S/C16H18ClN3O/c1-2-9-18-16(21)15-8-7-13(11-20-15)19-10-12-5-3-4-6-14(12)17/h3-8,11,19H,2,9-10H2,1H3,(H,18,21). The van der Waals surface area contributed by atoms with Crippen molar-refractivity contribution in [1.29, 1.82) is 0 Å². The average Bonchev–Trinajstić information content (AvgIpc) is 2.52. The number of benzene rings is 1. The maximum atomic E-state index is 11.7. The first-order valence-electron chi connectivity index (χ1n) is 6.92. The van der Waals surface area contributed by atoms with Gasteiger partial charge in [-0.2, -0.15) is 0 Å². The molecule has 0 unspecified atom stereocenters. The number of halogens is 1. The molecule has 110 valence electrons. The zero-order valence-electron chi connectivity index (χ0n) is 11.9. The van der Waals surface area contributed by atoms with E-state index in [1.165, 1.54) is 0 Å². The molecule has 0 aliphatic carbocycles. The van der Waals surface area contributed by atoms with Crippen molar-refractivity contribution in [2.75, 3.05) is 11.9 Å². The molecule has 1 amide bonds. The van der Waals surface area contributed by atoms with Crippen LogP contribution in [0.1, 0.15) is 29.4 Å². The van der Waals surface area contributed by atoms with Crippen molar-refractivity contribution >= 4 is 23.2 Å². The van der Waals surface area contributed by atoms with Gasteiger partial charge in [0.05, 0.1) is 11.9 Å². The Kier molecular flexibility index (Phi) is 5.58. The molecule has 0 saturated heterocycles. The zero-order valence-corrected chi connectivity index (χ0v) is 12.7. The van der Waals surface area contributed by atoms with E-state index in [9.17, 15) is 4.79 Å². The highest BCUT2D eigenvalue weighted by Gasteiger charge is 2.06. The molecular formula is C16H18ClN3O. The Morgan fingerprint density at radius 3 is 2.71 bits per heavy atom. The van der Waals surface area contributed by atoms with Gasteiger partial charge >= 0.3 is 0 Å². The van der Waals surface area contributed by atoms with Crippen LogP contribution in [0.25, 0.3) is 0 Å². The maximum Gasteiger partial charge on any atom is 0.269 e. The molecule has 0 fully saturated rings. The second-order valence-corrected chi connectivity index (χ2v) is 5.04. The van der Waals surface area contributed by atoms with Gasteiger partial charge in [0, 0.05) is 18.1 Å². The minimum absolute atomic E-state index is 0.144. The van der Waals surface area contributed by atoms with Crippen LogP contribution < -0.4 is 10.6 Å². The van der Waals surface area contributed by atoms with E-state index >= 15 is 0 Å². The van der Waals surface area contributed by atoms with Gasteiger partial charge in [0.15, 0.2) is 0 Å². The van der Waals surface area contributed by atoms with E-state index in [0.717, 1.165) is 22.7 Å². The number of amides is 1. The van der Waals surface area contributed by atoms with Gasteiger partial charge in [-0.25, -0.2) is 4.98 Å². The smallest absolute Gasteiger partial charge is 0.269 e. The number of aromatic nitrogens is 1. The highest BCUT2D eigenvalue weighted by atomic mass is 35.5. The third kappa shape index (κ3) is 4.46. The number of rotatable bonds is 6. The summed E-state index contributed by atoms with van der Waals surface area (Å²) in [6.07, 6.45) is 2.56. The lowest BCUT2D eigenvalue weighted by Gasteiger charge is -2.08. The Bertz CT molecular complexity index is 599. The molecule has 0 aliphatic heterocycles. The lowest BCUT2D eigenvalue weighted by Crippen LogP contribution is -2.24. The number of pyridine rings is 1. The van der Waals surface area contributed by atoms with Crippen LogP contribution in [0.5, 0.6) is 0 Å². The maximum absolute atomic E-state index is 11.7. The topological polar surface area (TPSA) is 54.0 Å². The quantitative estimate of drug-likeness (QED) is 0.859. The van der Waals surface area contributed by atoms with E-state index in [-0.39, 0.29) is 5.91 Å². The Balaban J connectivity index is 1.93. The number of hydrogen-bond acceptors (Lipinski definition) is 3. The average molecular weight is 304 g/mol. The highest BCUT2D eigenvalue weighted by Crippen LogP contribution is 2.16. The number of nitrogens with one attached hydrogen (secondary N) is 2. The molecule has 1 aromatic heterocycles. The van der Waals surface area contributed by atoms with Gasteiger partial charge in [0.2, 0.25) is 0 Å². The van der Waals surface area contributed by atoms with Crippen molar-refractivity contribution in [3.63, 3.8) is 0 Å². The van der Waals surface area contributed by atoms with Crippen molar-refractivity contribution in [3.8, 4) is 0 Å². The molecule has 5 heteroatoms. The zero-order chi connectivity index (χ0) is 15.1. The van der Waals surface area contributed by atoms with Gasteiger partial charge < -0.3 is 10.6 Å². The summed E-state index contributed by atoms with van der Waals surface area (Å²) in [6.45, 7) is 3.28. The van der Waals surface area contributed by atoms with Crippen LogP contribution in [0.4, 0.5) is 5.69 Å². The number of hydrogen-bond donors (Lipinski definition) is 2. The molecule has 0 bridgehead atoms. The van der Waals surface area contributed by atoms with E-state index in [4.69, 9.17) is 11.6 Å². The van der Waals surface area contributed by atoms with Gasteiger partial charge in [-0.1, -0.05) is 36.7 Å². The molecule has 2 N–H and O–H groups in total. The Morgan fingerprint density at radius 1 is 1.24 bits per heavy atom. The number of anilines is 1. The van der Waals surface area contributed by atoms with Gasteiger partial charge in [-0.3, -0.25) is 4.79 Å². The van der Waals surface area contributed by atoms with Crippen molar-refractivity contribution in [1.82, 2.24) is 10.3 Å². The summed E-state index contributed by atoms with van der Waals surface area (Å²) in [4.78, 5) is 15.9. The molecule has 0 aliphatic rings. The van der Waals surface area contributed by atoms with Crippen LogP contribution in [-0.4, -0.2) is 17.4 Å². The lowest BCUT2D eigenvalue weighted by molar-refractivity contribution is 0.0949. The SMILES string of the molecule is CCCNC(=O)c1ccc(NCc2ccccc2Cl)cn1. The second kappa shape index (κ2) is 7.64. The van der Waals surface area contributed by atoms with Gasteiger partial charge in [0.25, 0.3) is 5.91 Å². The van der Waals surface area contributed by atoms with Crippen LogP contribution in [0.2, 0.25) is 5.02 Å². The van der Waals surface area contributed by atoms with Gasteiger partial charge in [0.1, 0.15) is 5.69 Å². The van der Waals surface area contributed by atoms with Crippen LogP contribution in [0.3, 0.4) is 0 Å². The minimum atomic E-state index is -0.144. The molecule has 21 heavy (non-hydrogen) atoms. The summed E-state index contributed by atoms with van der Waals surface area (Å²) >= 11 is 6.10. The Hall–Kier alpha value is -2.07. The van der Waals surface area contributed by atoms with E-state index in [1.54, 1.807) is 12.3 Å². The monoisotopic (exact) mass is 303 g/mol. The molecular weight excluding hydrogens is 286 g/mol. The Labute approximate surface area is 129 Å². The lowest BCUT2D eigenvalue weighted by atomic mass is 10.2. The minimum Gasteiger partial charge on any atom is -0.380 e. The molecule has 4 nitrogen and oxygen atoms in total. The van der Waals surface area contributed by atoms with E-state index in [0.29, 0.717) is 18.8 Å². The fourth-order valence-electron chi connectivity index (χ4n) is 1.80. The normalized spacial score (nSPS) is 10.2. The molecule has 2 rings (SSSR count). The molecule has 0 spiro atoms. The van der Waals surface area contributed by atoms with E-state index in [2.05, 4.69) is 15.6 Å². The van der Waals surface area contributed by atoms with E-state index < -0.39 is 0 Å². The number of carbonyl (C=O) groups is 1. The summed E-state index contributed by atoms with van der Waals surface area (Å²) in [5.74, 6) is -0.144. The molecule has 0 atom stereocenters. The number of carbonyl (C=O) groups excluding carboxylic acids is 1. The third-order valence-electron chi connectivity index (χ3n) is 2.97. The molecule has 1 heterocycles. The highest BCUT2D eigenvalue weighted by molar-refractivity contribution is 6.31. The Morgan fingerprint density at radius 2 is 2.05 bits per heavy atom. The van der Waals surface area contributed by atoms with Crippen LogP contribution in [-0.2, 0) is 6.54 Å².